The van der Waals surface area contributed by atoms with Gasteiger partial charge in [-0.3, -0.25) is 9.89 Å². The zero-order valence-electron chi connectivity index (χ0n) is 15.8. The molecule has 2 aliphatic rings. The number of hydrogen-bond acceptors (Lipinski definition) is 4. The molecule has 2 heterocycles. The van der Waals surface area contributed by atoms with Gasteiger partial charge in [-0.25, -0.2) is 0 Å². The van der Waals surface area contributed by atoms with Gasteiger partial charge in [-0.2, -0.15) is 0 Å². The third kappa shape index (κ3) is 7.01. The second-order valence-corrected chi connectivity index (χ2v) is 7.40. The number of guanidine groups is 1. The monoisotopic (exact) mass is 453 g/mol. The van der Waals surface area contributed by atoms with Crippen molar-refractivity contribution in [3.63, 3.8) is 0 Å². The summed E-state index contributed by atoms with van der Waals surface area (Å²) in [6.45, 7) is 15.4. The van der Waals surface area contributed by atoms with Crippen LogP contribution in [-0.2, 0) is 4.74 Å². The molecule has 6 nitrogen and oxygen atoms in total. The number of morpholine rings is 1. The van der Waals surface area contributed by atoms with E-state index in [1.54, 1.807) is 0 Å². The summed E-state index contributed by atoms with van der Waals surface area (Å²) in [6, 6.07) is 0. The van der Waals surface area contributed by atoms with E-state index in [1.807, 2.05) is 0 Å². The van der Waals surface area contributed by atoms with E-state index in [0.29, 0.717) is 0 Å². The van der Waals surface area contributed by atoms with Crippen molar-refractivity contribution in [1.82, 2.24) is 20.4 Å². The highest BCUT2D eigenvalue weighted by atomic mass is 127. The van der Waals surface area contributed by atoms with Crippen LogP contribution < -0.4 is 10.6 Å². The first-order valence-electron chi connectivity index (χ1n) is 9.05. The Hall–Kier alpha value is -0.120. The van der Waals surface area contributed by atoms with Crippen molar-refractivity contribution in [2.75, 3.05) is 66.1 Å². The zero-order valence-corrected chi connectivity index (χ0v) is 18.1. The highest BCUT2D eigenvalue weighted by Crippen LogP contribution is 2.16. The van der Waals surface area contributed by atoms with E-state index in [2.05, 4.69) is 48.3 Å². The summed E-state index contributed by atoms with van der Waals surface area (Å²) in [5.74, 6) is 1.68. The molecule has 0 saturated carbocycles. The molecular formula is C17H36IN5O. The number of likely N-dealkylation sites (tertiary alicyclic amines) is 1. The van der Waals surface area contributed by atoms with Crippen LogP contribution in [0.15, 0.2) is 4.99 Å². The molecule has 1 atom stereocenters. The van der Waals surface area contributed by atoms with Crippen LogP contribution in [0, 0.1) is 5.92 Å². The van der Waals surface area contributed by atoms with Crippen LogP contribution in [0.25, 0.3) is 0 Å². The molecule has 7 heteroatoms. The first kappa shape index (κ1) is 21.9. The maximum absolute atomic E-state index is 5.46. The summed E-state index contributed by atoms with van der Waals surface area (Å²) in [4.78, 5) is 9.72. The number of ether oxygens (including phenoxy) is 1. The summed E-state index contributed by atoms with van der Waals surface area (Å²) >= 11 is 0. The number of rotatable bonds is 6. The summed E-state index contributed by atoms with van der Waals surface area (Å²) in [5, 5.41) is 6.90. The van der Waals surface area contributed by atoms with E-state index in [9.17, 15) is 0 Å². The summed E-state index contributed by atoms with van der Waals surface area (Å²) in [6.07, 6.45) is 1.28. The van der Waals surface area contributed by atoms with Crippen molar-refractivity contribution in [2.45, 2.75) is 32.7 Å². The van der Waals surface area contributed by atoms with Gasteiger partial charge in [0.2, 0.25) is 0 Å². The lowest BCUT2D eigenvalue weighted by Crippen LogP contribution is -2.52. The molecule has 0 aliphatic carbocycles. The molecule has 0 aromatic heterocycles. The second kappa shape index (κ2) is 10.8. The highest BCUT2D eigenvalue weighted by molar-refractivity contribution is 14.0. The Labute approximate surface area is 164 Å². The number of halogens is 1. The molecule has 1 unspecified atom stereocenters. The van der Waals surface area contributed by atoms with E-state index < -0.39 is 0 Å². The van der Waals surface area contributed by atoms with Crippen molar-refractivity contribution >= 4 is 29.9 Å². The minimum absolute atomic E-state index is 0. The molecule has 0 bridgehead atoms. The maximum atomic E-state index is 5.46. The van der Waals surface area contributed by atoms with Crippen LogP contribution in [0.1, 0.15) is 27.2 Å². The van der Waals surface area contributed by atoms with E-state index in [4.69, 9.17) is 9.73 Å². The minimum atomic E-state index is 0. The Morgan fingerprint density at radius 3 is 2.50 bits per heavy atom. The fourth-order valence-electron chi connectivity index (χ4n) is 3.32. The van der Waals surface area contributed by atoms with Gasteiger partial charge >= 0.3 is 0 Å². The van der Waals surface area contributed by atoms with Crippen molar-refractivity contribution in [1.29, 1.82) is 0 Å². The van der Waals surface area contributed by atoms with Gasteiger partial charge in [-0.15, -0.1) is 24.0 Å². The van der Waals surface area contributed by atoms with Crippen molar-refractivity contribution in [2.24, 2.45) is 10.9 Å². The molecule has 0 spiro atoms. The molecule has 2 aliphatic heterocycles. The molecule has 2 saturated heterocycles. The Balaban J connectivity index is 0.00000288. The fraction of sp³-hybridized carbons (Fsp3) is 0.941. The number of nitrogens with one attached hydrogen (secondary N) is 2. The summed E-state index contributed by atoms with van der Waals surface area (Å²) < 4.78 is 5.46. The topological polar surface area (TPSA) is 52.1 Å². The smallest absolute Gasteiger partial charge is 0.191 e. The van der Waals surface area contributed by atoms with Crippen LogP contribution in [0.5, 0.6) is 0 Å². The lowest BCUT2D eigenvalue weighted by Gasteiger charge is -2.39. The van der Waals surface area contributed by atoms with Gasteiger partial charge in [-0.1, -0.05) is 0 Å². The quantitative estimate of drug-likeness (QED) is 0.360. The average Bonchev–Trinajstić information content (AvgIpc) is 2.96. The highest BCUT2D eigenvalue weighted by Gasteiger charge is 2.28. The maximum Gasteiger partial charge on any atom is 0.191 e. The lowest BCUT2D eigenvalue weighted by molar-refractivity contribution is -0.00683. The van der Waals surface area contributed by atoms with Gasteiger partial charge in [0.25, 0.3) is 0 Å². The lowest BCUT2D eigenvalue weighted by atomic mass is 10.0. The van der Waals surface area contributed by atoms with Crippen LogP contribution in [-0.4, -0.2) is 87.4 Å². The number of hydrogen-bond donors (Lipinski definition) is 2. The Kier molecular flexibility index (Phi) is 9.84. The molecule has 0 amide bonds. The van der Waals surface area contributed by atoms with E-state index in [0.717, 1.165) is 57.8 Å². The van der Waals surface area contributed by atoms with Crippen LogP contribution in [0.2, 0.25) is 0 Å². The van der Waals surface area contributed by atoms with Gasteiger partial charge in [0, 0.05) is 38.3 Å². The van der Waals surface area contributed by atoms with E-state index in [1.165, 1.54) is 19.5 Å². The summed E-state index contributed by atoms with van der Waals surface area (Å²) in [7, 11) is 2.20. The van der Waals surface area contributed by atoms with Gasteiger partial charge < -0.3 is 20.3 Å². The third-order valence-electron chi connectivity index (χ3n) is 4.88. The van der Waals surface area contributed by atoms with Gasteiger partial charge in [0.1, 0.15) is 0 Å². The van der Waals surface area contributed by atoms with Gasteiger partial charge in [0.15, 0.2) is 5.96 Å². The SMILES string of the molecule is CCNC(=NCC(C)(C)N1CCOCC1)NCC1CCN(C)C1.I. The summed E-state index contributed by atoms with van der Waals surface area (Å²) in [5.41, 5.74) is 0.0692. The van der Waals surface area contributed by atoms with Crippen LogP contribution in [0.3, 0.4) is 0 Å². The van der Waals surface area contributed by atoms with E-state index >= 15 is 0 Å². The predicted octanol–water partition coefficient (Wildman–Crippen LogP) is 1.22. The fourth-order valence-corrected chi connectivity index (χ4v) is 3.32. The van der Waals surface area contributed by atoms with Crippen LogP contribution >= 0.6 is 24.0 Å². The molecule has 24 heavy (non-hydrogen) atoms. The van der Waals surface area contributed by atoms with Gasteiger partial charge in [-0.05, 0) is 46.7 Å². The number of aliphatic imine (C=N–C) groups is 1. The Morgan fingerprint density at radius 2 is 1.92 bits per heavy atom. The molecule has 2 fully saturated rings. The molecule has 0 radical (unpaired) electrons. The Bertz CT molecular complexity index is 385. The van der Waals surface area contributed by atoms with Crippen LogP contribution in [0.4, 0.5) is 0 Å². The minimum Gasteiger partial charge on any atom is -0.379 e. The largest absolute Gasteiger partial charge is 0.379 e. The molecular weight excluding hydrogens is 417 g/mol. The van der Waals surface area contributed by atoms with Crippen molar-refractivity contribution in [3.8, 4) is 0 Å². The standard InChI is InChI=1S/C17H35N5O.HI/c1-5-18-16(19-12-15-6-7-21(4)13-15)20-14-17(2,3)22-8-10-23-11-9-22;/h15H,5-14H2,1-4H3,(H2,18,19,20);1H. The molecule has 2 N–H and O–H groups in total. The average molecular weight is 453 g/mol. The molecule has 0 aromatic carbocycles. The first-order chi connectivity index (χ1) is 11.0. The van der Waals surface area contributed by atoms with Crippen molar-refractivity contribution < 1.29 is 4.74 Å². The second-order valence-electron chi connectivity index (χ2n) is 7.40. The number of nitrogens with zero attached hydrogens (tertiary/aromatic N) is 3. The predicted molar refractivity (Wildman–Crippen MR) is 111 cm³/mol. The first-order valence-corrected chi connectivity index (χ1v) is 9.05. The molecule has 142 valence electrons. The normalized spacial score (nSPS) is 23.8. The zero-order chi connectivity index (χ0) is 16.7. The molecule has 2 rings (SSSR count). The molecule has 0 aromatic rings. The third-order valence-corrected chi connectivity index (χ3v) is 4.88. The van der Waals surface area contributed by atoms with E-state index in [-0.39, 0.29) is 29.5 Å². The Morgan fingerprint density at radius 1 is 1.21 bits per heavy atom. The van der Waals surface area contributed by atoms with Crippen molar-refractivity contribution in [3.05, 3.63) is 0 Å². The van der Waals surface area contributed by atoms with Gasteiger partial charge in [0.05, 0.1) is 19.8 Å².